The maximum Gasteiger partial charge on any atom is 0.134 e. The molecule has 4 heterocycles. The van der Waals surface area contributed by atoms with E-state index in [9.17, 15) is 0 Å². The van der Waals surface area contributed by atoms with Crippen molar-refractivity contribution in [2.45, 2.75) is 25.3 Å². The zero-order valence-electron chi connectivity index (χ0n) is 17.8. The van der Waals surface area contributed by atoms with Crippen LogP contribution in [0.1, 0.15) is 30.4 Å². The summed E-state index contributed by atoms with van der Waals surface area (Å²) in [7, 11) is 0. The maximum absolute atomic E-state index is 5.94. The fraction of sp³-hybridized carbons (Fsp3) is 0.333. The molecule has 5 rings (SSSR count). The first-order chi connectivity index (χ1) is 14.9. The molecule has 1 unspecified atom stereocenters. The third-order valence-corrected chi connectivity index (χ3v) is 5.75. The Labute approximate surface area is 201 Å². The minimum Gasteiger partial charge on any atom is -0.492 e. The van der Waals surface area contributed by atoms with Gasteiger partial charge in [0.25, 0.3) is 0 Å². The van der Waals surface area contributed by atoms with Crippen LogP contribution in [0.5, 0.6) is 5.75 Å². The van der Waals surface area contributed by atoms with Gasteiger partial charge in [-0.25, -0.2) is 0 Å². The number of pyridine rings is 1. The van der Waals surface area contributed by atoms with Crippen LogP contribution in [0.3, 0.4) is 0 Å². The smallest absolute Gasteiger partial charge is 0.134 e. The summed E-state index contributed by atoms with van der Waals surface area (Å²) in [6, 6.07) is 12.0. The second-order valence-electron chi connectivity index (χ2n) is 7.79. The molecular formula is C24H27Cl2N5O. The summed E-state index contributed by atoms with van der Waals surface area (Å²) >= 11 is 0. The van der Waals surface area contributed by atoms with Crippen molar-refractivity contribution in [2.24, 2.45) is 15.2 Å². The van der Waals surface area contributed by atoms with Gasteiger partial charge in [-0.05, 0) is 67.4 Å². The Balaban J connectivity index is 0.00000144. The van der Waals surface area contributed by atoms with E-state index >= 15 is 0 Å². The number of rotatable bonds is 6. The maximum atomic E-state index is 5.94. The molecule has 6 nitrogen and oxygen atoms in total. The molecule has 3 aliphatic rings. The first-order valence-corrected chi connectivity index (χ1v) is 10.6. The van der Waals surface area contributed by atoms with E-state index < -0.39 is 0 Å². The number of hydrogen-bond acceptors (Lipinski definition) is 6. The van der Waals surface area contributed by atoms with Crippen LogP contribution in [-0.4, -0.2) is 48.4 Å². The van der Waals surface area contributed by atoms with Gasteiger partial charge in [0.2, 0.25) is 0 Å². The number of likely N-dealkylation sites (tertiary alicyclic amines) is 1. The zero-order chi connectivity index (χ0) is 20.2. The summed E-state index contributed by atoms with van der Waals surface area (Å²) in [5, 5.41) is 8.76. The summed E-state index contributed by atoms with van der Waals surface area (Å²) in [5.41, 5.74) is 4.87. The molecule has 0 spiro atoms. The second-order valence-corrected chi connectivity index (χ2v) is 7.79. The van der Waals surface area contributed by atoms with Crippen LogP contribution >= 0.6 is 24.8 Å². The monoisotopic (exact) mass is 471 g/mol. The zero-order valence-corrected chi connectivity index (χ0v) is 19.4. The first kappa shape index (κ1) is 24.1. The van der Waals surface area contributed by atoms with Crippen LogP contribution in [0.25, 0.3) is 11.3 Å². The molecule has 0 bridgehead atoms. The third kappa shape index (κ3) is 5.44. The predicted molar refractivity (Wildman–Crippen MR) is 133 cm³/mol. The minimum absolute atomic E-state index is 0. The molecule has 0 amide bonds. The lowest BCUT2D eigenvalue weighted by Gasteiger charge is -2.26. The highest BCUT2D eigenvalue weighted by Gasteiger charge is 2.26. The summed E-state index contributed by atoms with van der Waals surface area (Å²) in [4.78, 5) is 11.2. The fourth-order valence-corrected chi connectivity index (χ4v) is 4.07. The molecule has 1 aromatic heterocycles. The van der Waals surface area contributed by atoms with Crippen LogP contribution < -0.4 is 4.74 Å². The van der Waals surface area contributed by atoms with Gasteiger partial charge in [0.15, 0.2) is 0 Å². The number of hydrogen-bond donors (Lipinski definition) is 0. The van der Waals surface area contributed by atoms with Gasteiger partial charge in [-0.2, -0.15) is 10.2 Å². The van der Waals surface area contributed by atoms with Crippen molar-refractivity contribution >= 4 is 42.3 Å². The van der Waals surface area contributed by atoms with Crippen molar-refractivity contribution in [1.82, 2.24) is 9.88 Å². The van der Waals surface area contributed by atoms with Gasteiger partial charge in [0.05, 0.1) is 5.70 Å². The number of dihydropyridines is 1. The van der Waals surface area contributed by atoms with E-state index in [1.54, 1.807) is 12.4 Å². The van der Waals surface area contributed by atoms with Crippen LogP contribution in [0.2, 0.25) is 0 Å². The molecule has 1 atom stereocenters. The van der Waals surface area contributed by atoms with Gasteiger partial charge in [-0.3, -0.25) is 14.9 Å². The van der Waals surface area contributed by atoms with Crippen molar-refractivity contribution in [3.8, 4) is 5.75 Å². The SMILES string of the molecule is C1=NC2=C(c3ccncc3)N=NC2C=C1c1ccc(OCCN2CCCCC2)cc1.Cl.Cl. The molecule has 1 fully saturated rings. The number of fused-ring (bicyclic) bond motifs is 1. The molecule has 2 aromatic rings. The first-order valence-electron chi connectivity index (χ1n) is 10.6. The molecule has 8 heteroatoms. The Morgan fingerprint density at radius 3 is 2.41 bits per heavy atom. The van der Waals surface area contributed by atoms with Crippen LogP contribution in [0.4, 0.5) is 0 Å². The van der Waals surface area contributed by atoms with Gasteiger partial charge < -0.3 is 4.74 Å². The van der Waals surface area contributed by atoms with Gasteiger partial charge in [0, 0.05) is 30.7 Å². The highest BCUT2D eigenvalue weighted by Crippen LogP contribution is 2.35. The average molecular weight is 472 g/mol. The van der Waals surface area contributed by atoms with Gasteiger partial charge in [-0.15, -0.1) is 24.8 Å². The Morgan fingerprint density at radius 2 is 1.66 bits per heavy atom. The van der Waals surface area contributed by atoms with Crippen molar-refractivity contribution < 1.29 is 4.74 Å². The highest BCUT2D eigenvalue weighted by molar-refractivity contribution is 6.11. The molecule has 32 heavy (non-hydrogen) atoms. The number of benzene rings is 1. The summed E-state index contributed by atoms with van der Waals surface area (Å²) in [6.45, 7) is 4.14. The van der Waals surface area contributed by atoms with E-state index in [1.807, 2.05) is 30.5 Å². The van der Waals surface area contributed by atoms with E-state index in [4.69, 9.17) is 4.74 Å². The Morgan fingerprint density at radius 1 is 0.906 bits per heavy atom. The van der Waals surface area contributed by atoms with Crippen molar-refractivity contribution in [3.63, 3.8) is 0 Å². The summed E-state index contributed by atoms with van der Waals surface area (Å²) in [5.74, 6) is 0.908. The number of allylic oxidation sites excluding steroid dienone is 1. The standard InChI is InChI=1S/C24H25N5O.2ClH/c1-2-12-29(13-3-1)14-15-30-21-6-4-18(5-7-21)20-16-22-24(26-17-20)23(28-27-22)19-8-10-25-11-9-19;;/h4-11,16-17,22H,1-3,12-15H2;2*1H. The lowest BCUT2D eigenvalue weighted by molar-refractivity contribution is 0.183. The van der Waals surface area contributed by atoms with E-state index in [1.165, 1.54) is 32.4 Å². The van der Waals surface area contributed by atoms with Crippen molar-refractivity contribution in [1.29, 1.82) is 0 Å². The number of piperidine rings is 1. The van der Waals surface area contributed by atoms with Crippen molar-refractivity contribution in [2.75, 3.05) is 26.2 Å². The predicted octanol–water partition coefficient (Wildman–Crippen LogP) is 5.46. The van der Waals surface area contributed by atoms with Crippen LogP contribution in [0.15, 0.2) is 75.8 Å². The molecule has 0 radical (unpaired) electrons. The normalized spacial score (nSPS) is 19.6. The second kappa shape index (κ2) is 11.4. The number of aliphatic imine (C=N–C) groups is 1. The molecule has 0 aliphatic carbocycles. The summed E-state index contributed by atoms with van der Waals surface area (Å²) in [6.07, 6.45) is 11.5. The minimum atomic E-state index is -0.131. The Kier molecular flexibility index (Phi) is 8.56. The number of aromatic nitrogens is 1. The quantitative estimate of drug-likeness (QED) is 0.561. The van der Waals surface area contributed by atoms with Crippen molar-refractivity contribution in [3.05, 3.63) is 71.7 Å². The van der Waals surface area contributed by atoms with Crippen LogP contribution in [0, 0.1) is 0 Å². The molecule has 168 valence electrons. The van der Waals surface area contributed by atoms with Crippen LogP contribution in [-0.2, 0) is 0 Å². The molecular weight excluding hydrogens is 445 g/mol. The molecule has 0 saturated carbocycles. The third-order valence-electron chi connectivity index (χ3n) is 5.75. The van der Waals surface area contributed by atoms with E-state index in [0.29, 0.717) is 0 Å². The molecule has 1 aromatic carbocycles. The Bertz CT molecular complexity index is 1010. The number of azo groups is 1. The topological polar surface area (TPSA) is 62.4 Å². The van der Waals surface area contributed by atoms with Gasteiger partial charge >= 0.3 is 0 Å². The number of halogens is 2. The number of ether oxygens (including phenoxy) is 1. The molecule has 0 N–H and O–H groups in total. The van der Waals surface area contributed by atoms with E-state index in [0.717, 1.165) is 47.0 Å². The molecule has 3 aliphatic heterocycles. The molecule has 1 saturated heterocycles. The Hall–Kier alpha value is -2.54. The van der Waals surface area contributed by atoms with Gasteiger partial charge in [0.1, 0.15) is 24.1 Å². The van der Waals surface area contributed by atoms with E-state index in [-0.39, 0.29) is 30.9 Å². The van der Waals surface area contributed by atoms with Gasteiger partial charge in [-0.1, -0.05) is 18.6 Å². The fourth-order valence-electron chi connectivity index (χ4n) is 4.07. The lowest BCUT2D eigenvalue weighted by atomic mass is 9.99. The lowest BCUT2D eigenvalue weighted by Crippen LogP contribution is -2.33. The number of nitrogens with zero attached hydrogens (tertiary/aromatic N) is 5. The van der Waals surface area contributed by atoms with E-state index in [2.05, 4.69) is 43.3 Å². The largest absolute Gasteiger partial charge is 0.492 e. The summed E-state index contributed by atoms with van der Waals surface area (Å²) < 4.78 is 5.94. The average Bonchev–Trinajstić information content (AvgIpc) is 3.24. The highest BCUT2D eigenvalue weighted by atomic mass is 35.5.